The Balaban J connectivity index is 5.35. The van der Waals surface area contributed by atoms with Gasteiger partial charge in [0.2, 0.25) is 0 Å². The largest absolute Gasteiger partial charge is 0.468 e. The third-order valence-corrected chi connectivity index (χ3v) is 2.59. The van der Waals surface area contributed by atoms with E-state index in [9.17, 15) is 9.59 Å². The van der Waals surface area contributed by atoms with Gasteiger partial charge in [-0.15, -0.1) is 11.8 Å². The molecular formula is C14H20O4. The molecule has 0 saturated heterocycles. The van der Waals surface area contributed by atoms with Crippen molar-refractivity contribution in [1.82, 2.24) is 0 Å². The second-order valence-electron chi connectivity index (χ2n) is 3.75. The van der Waals surface area contributed by atoms with Gasteiger partial charge in [0.1, 0.15) is 0 Å². The zero-order chi connectivity index (χ0) is 14.0. The first-order chi connectivity index (χ1) is 8.58. The van der Waals surface area contributed by atoms with Gasteiger partial charge < -0.3 is 9.47 Å². The minimum atomic E-state index is -1.36. The first-order valence-corrected chi connectivity index (χ1v) is 5.80. The summed E-state index contributed by atoms with van der Waals surface area (Å²) in [5.41, 5.74) is -1.36. The predicted octanol–water partition coefficient (Wildman–Crippen LogP) is 2.09. The number of allylic oxidation sites excluding steroid dienone is 2. The van der Waals surface area contributed by atoms with Crippen molar-refractivity contribution in [2.24, 2.45) is 5.41 Å². The van der Waals surface area contributed by atoms with E-state index in [-0.39, 0.29) is 12.8 Å². The molecule has 0 heterocycles. The Morgan fingerprint density at radius 3 is 2.11 bits per heavy atom. The molecule has 0 aliphatic rings. The Kier molecular flexibility index (Phi) is 7.53. The van der Waals surface area contributed by atoms with Crippen LogP contribution in [0.1, 0.15) is 33.1 Å². The molecule has 0 aromatic rings. The number of hydrogen-bond acceptors (Lipinski definition) is 4. The van der Waals surface area contributed by atoms with Crippen molar-refractivity contribution in [3.05, 3.63) is 12.2 Å². The van der Waals surface area contributed by atoms with Gasteiger partial charge >= 0.3 is 11.9 Å². The van der Waals surface area contributed by atoms with Crippen LogP contribution in [0.3, 0.4) is 0 Å². The topological polar surface area (TPSA) is 52.6 Å². The van der Waals surface area contributed by atoms with Gasteiger partial charge in [-0.05, 0) is 19.8 Å². The molecule has 100 valence electrons. The summed E-state index contributed by atoms with van der Waals surface area (Å²) >= 11 is 0. The van der Waals surface area contributed by atoms with Crippen molar-refractivity contribution in [2.45, 2.75) is 33.1 Å². The molecule has 0 radical (unpaired) electrons. The number of rotatable bonds is 6. The van der Waals surface area contributed by atoms with Crippen molar-refractivity contribution in [2.75, 3.05) is 14.2 Å². The smallest absolute Gasteiger partial charge is 0.324 e. The Hall–Kier alpha value is -1.76. The third-order valence-electron chi connectivity index (χ3n) is 2.59. The molecular weight excluding hydrogens is 232 g/mol. The number of methoxy groups -OCH3 is 2. The Morgan fingerprint density at radius 1 is 1.17 bits per heavy atom. The van der Waals surface area contributed by atoms with E-state index in [2.05, 4.69) is 11.8 Å². The lowest BCUT2D eigenvalue weighted by Crippen LogP contribution is -2.40. The van der Waals surface area contributed by atoms with E-state index in [0.717, 1.165) is 6.42 Å². The molecule has 0 saturated carbocycles. The van der Waals surface area contributed by atoms with Crippen LogP contribution in [0.25, 0.3) is 0 Å². The van der Waals surface area contributed by atoms with E-state index < -0.39 is 17.4 Å². The van der Waals surface area contributed by atoms with Gasteiger partial charge in [-0.3, -0.25) is 9.59 Å². The summed E-state index contributed by atoms with van der Waals surface area (Å²) in [5, 5.41) is 0. The lowest BCUT2D eigenvalue weighted by molar-refractivity contribution is -0.168. The lowest BCUT2D eigenvalue weighted by Gasteiger charge is -2.24. The van der Waals surface area contributed by atoms with Crippen LogP contribution in [-0.2, 0) is 19.1 Å². The predicted molar refractivity (Wildman–Crippen MR) is 68.6 cm³/mol. The van der Waals surface area contributed by atoms with Gasteiger partial charge in [-0.1, -0.05) is 19.1 Å². The van der Waals surface area contributed by atoms with Crippen molar-refractivity contribution in [3.8, 4) is 11.8 Å². The molecule has 0 unspecified atom stereocenters. The summed E-state index contributed by atoms with van der Waals surface area (Å²) in [6.45, 7) is 3.63. The van der Waals surface area contributed by atoms with Crippen LogP contribution in [0.4, 0.5) is 0 Å². The molecule has 0 aromatic heterocycles. The van der Waals surface area contributed by atoms with Crippen molar-refractivity contribution >= 4 is 11.9 Å². The molecule has 18 heavy (non-hydrogen) atoms. The van der Waals surface area contributed by atoms with Gasteiger partial charge in [0.05, 0.1) is 14.2 Å². The number of ether oxygens (including phenoxy) is 2. The molecule has 0 bridgehead atoms. The van der Waals surface area contributed by atoms with E-state index in [1.807, 2.05) is 13.0 Å². The SMILES string of the molecule is CC#CCC(C/C=C/CC)(C(=O)OC)C(=O)OC. The standard InChI is InChI=1S/C14H20O4/c1-5-7-9-11-14(10-8-6-2,12(15)17-3)13(16)18-4/h7,9H,5,10-11H2,1-4H3/b9-7+. The maximum atomic E-state index is 11.9. The monoisotopic (exact) mass is 252 g/mol. The highest BCUT2D eigenvalue weighted by Crippen LogP contribution is 2.30. The molecule has 4 nitrogen and oxygen atoms in total. The zero-order valence-corrected chi connectivity index (χ0v) is 11.4. The second kappa shape index (κ2) is 8.35. The Bertz CT molecular complexity index is 355. The number of carbonyl (C=O) groups is 2. The van der Waals surface area contributed by atoms with Gasteiger partial charge in [-0.2, -0.15) is 0 Å². The highest BCUT2D eigenvalue weighted by atomic mass is 16.5. The van der Waals surface area contributed by atoms with Crippen molar-refractivity contribution < 1.29 is 19.1 Å². The van der Waals surface area contributed by atoms with Gasteiger partial charge in [0.15, 0.2) is 5.41 Å². The second-order valence-corrected chi connectivity index (χ2v) is 3.75. The number of carbonyl (C=O) groups excluding carboxylic acids is 2. The van der Waals surface area contributed by atoms with E-state index in [1.54, 1.807) is 13.0 Å². The normalized spacial score (nSPS) is 10.7. The zero-order valence-electron chi connectivity index (χ0n) is 11.4. The van der Waals surface area contributed by atoms with E-state index in [0.29, 0.717) is 0 Å². The van der Waals surface area contributed by atoms with Gasteiger partial charge in [0.25, 0.3) is 0 Å². The minimum Gasteiger partial charge on any atom is -0.468 e. The summed E-state index contributed by atoms with van der Waals surface area (Å²) in [7, 11) is 2.51. The van der Waals surface area contributed by atoms with Crippen LogP contribution in [-0.4, -0.2) is 26.2 Å². The Morgan fingerprint density at radius 2 is 1.72 bits per heavy atom. The molecule has 4 heteroatoms. The molecule has 0 fully saturated rings. The third kappa shape index (κ3) is 3.92. The van der Waals surface area contributed by atoms with E-state index in [4.69, 9.17) is 9.47 Å². The van der Waals surface area contributed by atoms with Gasteiger partial charge in [0, 0.05) is 6.42 Å². The first kappa shape index (κ1) is 16.2. The van der Waals surface area contributed by atoms with Gasteiger partial charge in [-0.25, -0.2) is 0 Å². The quantitative estimate of drug-likeness (QED) is 0.314. The molecule has 0 amide bonds. The van der Waals surface area contributed by atoms with Crippen LogP contribution >= 0.6 is 0 Å². The van der Waals surface area contributed by atoms with Crippen LogP contribution < -0.4 is 0 Å². The molecule has 0 aliphatic heterocycles. The average Bonchev–Trinajstić information content (AvgIpc) is 2.41. The van der Waals surface area contributed by atoms with Crippen LogP contribution in [0.5, 0.6) is 0 Å². The summed E-state index contributed by atoms with van der Waals surface area (Å²) in [5.74, 6) is 4.22. The van der Waals surface area contributed by atoms with E-state index in [1.165, 1.54) is 14.2 Å². The lowest BCUT2D eigenvalue weighted by atomic mass is 9.81. The molecule has 0 spiro atoms. The fraction of sp³-hybridized carbons (Fsp3) is 0.571. The minimum absolute atomic E-state index is 0.0941. The summed E-state index contributed by atoms with van der Waals surface area (Å²) < 4.78 is 9.45. The molecule has 0 aromatic carbocycles. The number of esters is 2. The van der Waals surface area contributed by atoms with Crippen LogP contribution in [0.2, 0.25) is 0 Å². The van der Waals surface area contributed by atoms with E-state index >= 15 is 0 Å². The highest BCUT2D eigenvalue weighted by molar-refractivity contribution is 6.00. The fourth-order valence-corrected chi connectivity index (χ4v) is 1.55. The summed E-state index contributed by atoms with van der Waals surface area (Å²) in [6, 6.07) is 0. The first-order valence-electron chi connectivity index (χ1n) is 5.80. The maximum Gasteiger partial charge on any atom is 0.324 e. The molecule has 0 aliphatic carbocycles. The highest BCUT2D eigenvalue weighted by Gasteiger charge is 2.46. The van der Waals surface area contributed by atoms with Crippen molar-refractivity contribution in [3.63, 3.8) is 0 Å². The fourth-order valence-electron chi connectivity index (χ4n) is 1.55. The van der Waals surface area contributed by atoms with Crippen LogP contribution in [0, 0.1) is 17.3 Å². The molecule has 0 rings (SSSR count). The number of hydrogen-bond donors (Lipinski definition) is 0. The summed E-state index contributed by atoms with van der Waals surface area (Å²) in [4.78, 5) is 23.8. The Labute approximate surface area is 108 Å². The molecule has 0 N–H and O–H groups in total. The average molecular weight is 252 g/mol. The van der Waals surface area contributed by atoms with Crippen LogP contribution in [0.15, 0.2) is 12.2 Å². The molecule has 0 atom stereocenters. The summed E-state index contributed by atoms with van der Waals surface area (Å²) in [6.07, 6.45) is 4.83. The van der Waals surface area contributed by atoms with Crippen molar-refractivity contribution in [1.29, 1.82) is 0 Å². The maximum absolute atomic E-state index is 11.9.